The van der Waals surface area contributed by atoms with E-state index in [2.05, 4.69) is 0 Å². The van der Waals surface area contributed by atoms with E-state index in [-0.39, 0.29) is 6.16 Å². The second kappa shape index (κ2) is 12.6. The minimum atomic E-state index is -3.62. The van der Waals surface area contributed by atoms with Crippen molar-refractivity contribution in [1.82, 2.24) is 0 Å². The fourth-order valence-electron chi connectivity index (χ4n) is 6.62. The van der Waals surface area contributed by atoms with E-state index in [0.29, 0.717) is 0 Å². The quantitative estimate of drug-likeness (QED) is 0.0661. The molecular weight excluding hydrogens is 616 g/mol. The first-order valence-corrected chi connectivity index (χ1v) is 15.5. The summed E-state index contributed by atoms with van der Waals surface area (Å²) in [5.74, 6) is -24.1. The van der Waals surface area contributed by atoms with E-state index in [9.17, 15) is 26.3 Å². The standard InChI is InChI=1S/C32H27BF10P/c1-13-9-15(3)31(16(4)10-13)44(32-17(5)11-14(2)12-18(32)6)8-7-33(19-21(34)25(38)29(42)26(39)22(19)35)20-23(36)27(40)30(43)28(41)24(20)37/h9-12,33H,7-8H2,1-6H3/q-1/p+1. The summed E-state index contributed by atoms with van der Waals surface area (Å²) in [5, 5.41) is 1.70. The number of hydrogen-bond acceptors (Lipinski definition) is 0. The average molecular weight is 644 g/mol. The van der Waals surface area contributed by atoms with Crippen molar-refractivity contribution in [3.8, 4) is 0 Å². The Balaban J connectivity index is 2.03. The SMILES string of the molecule is Cc1cc(C)c([PH+](CC[BH-](c2c(F)c(F)c(F)c(F)c2F)c2c(F)c(F)c(F)c(F)c2F)c2c(C)cc(C)cc2C)c(C)c1. The number of halogens is 10. The third kappa shape index (κ3) is 5.75. The summed E-state index contributed by atoms with van der Waals surface area (Å²) in [5.41, 5.74) is 2.05. The van der Waals surface area contributed by atoms with Gasteiger partial charge in [-0.1, -0.05) is 35.4 Å². The maximum absolute atomic E-state index is 15.2. The van der Waals surface area contributed by atoms with Crippen LogP contribution in [0, 0.1) is 99.7 Å². The van der Waals surface area contributed by atoms with Gasteiger partial charge in [-0.25, -0.2) is 43.9 Å². The molecule has 4 aromatic carbocycles. The smallest absolute Gasteiger partial charge is 0.200 e. The van der Waals surface area contributed by atoms with Crippen LogP contribution in [-0.2, 0) is 0 Å². The molecule has 44 heavy (non-hydrogen) atoms. The lowest BCUT2D eigenvalue weighted by molar-refractivity contribution is 0.382. The van der Waals surface area contributed by atoms with Crippen LogP contribution in [-0.4, -0.2) is 12.9 Å². The topological polar surface area (TPSA) is 0 Å². The van der Waals surface area contributed by atoms with Crippen LogP contribution in [0.5, 0.6) is 0 Å². The fourth-order valence-corrected chi connectivity index (χ4v) is 10.3. The molecule has 0 radical (unpaired) electrons. The zero-order chi connectivity index (χ0) is 32.9. The van der Waals surface area contributed by atoms with E-state index in [4.69, 9.17) is 0 Å². The molecule has 0 fully saturated rings. The van der Waals surface area contributed by atoms with Gasteiger partial charge in [0, 0.05) is 6.16 Å². The number of benzene rings is 4. The lowest BCUT2D eigenvalue weighted by Crippen LogP contribution is -2.51. The van der Waals surface area contributed by atoms with Crippen molar-refractivity contribution in [2.24, 2.45) is 0 Å². The van der Waals surface area contributed by atoms with Gasteiger partial charge in [-0.2, -0.15) is 0 Å². The highest BCUT2D eigenvalue weighted by Gasteiger charge is 2.35. The van der Waals surface area contributed by atoms with Crippen LogP contribution in [0.25, 0.3) is 0 Å². The van der Waals surface area contributed by atoms with Crippen molar-refractivity contribution < 1.29 is 43.9 Å². The first-order valence-electron chi connectivity index (χ1n) is 13.8. The average Bonchev–Trinajstić information content (AvgIpc) is 2.94. The van der Waals surface area contributed by atoms with Gasteiger partial charge in [0.25, 0.3) is 0 Å². The highest BCUT2D eigenvalue weighted by Crippen LogP contribution is 2.41. The Morgan fingerprint density at radius 3 is 0.955 bits per heavy atom. The fraction of sp³-hybridized carbons (Fsp3) is 0.250. The second-order valence-corrected chi connectivity index (χ2v) is 13.9. The molecule has 0 saturated heterocycles. The highest BCUT2D eigenvalue weighted by molar-refractivity contribution is 7.73. The van der Waals surface area contributed by atoms with Crippen LogP contribution in [0.1, 0.15) is 33.4 Å². The molecule has 234 valence electrons. The van der Waals surface area contributed by atoms with E-state index in [1.165, 1.54) is 0 Å². The Hall–Kier alpha value is -3.33. The van der Waals surface area contributed by atoms with Gasteiger partial charge in [-0.05, 0) is 63.8 Å². The molecule has 0 aliphatic carbocycles. The van der Waals surface area contributed by atoms with Crippen LogP contribution in [0.15, 0.2) is 24.3 Å². The van der Waals surface area contributed by atoms with Gasteiger partial charge < -0.3 is 0 Å². The number of rotatable bonds is 7. The molecule has 0 aromatic heterocycles. The van der Waals surface area contributed by atoms with E-state index >= 15 is 17.6 Å². The molecule has 0 bridgehead atoms. The van der Waals surface area contributed by atoms with Gasteiger partial charge in [0.05, 0.1) is 14.6 Å². The van der Waals surface area contributed by atoms with Crippen molar-refractivity contribution in [2.45, 2.75) is 47.9 Å². The molecule has 0 unspecified atom stereocenters. The zero-order valence-corrected chi connectivity index (χ0v) is 25.7. The van der Waals surface area contributed by atoms with Gasteiger partial charge in [-0.3, -0.25) is 0 Å². The molecular formula is C32H28BF10P. The molecule has 0 atom stereocenters. The first kappa shape index (κ1) is 33.6. The molecule has 4 aromatic rings. The van der Waals surface area contributed by atoms with Crippen LogP contribution in [0.4, 0.5) is 43.9 Å². The van der Waals surface area contributed by atoms with E-state index in [0.717, 1.165) is 44.0 Å². The van der Waals surface area contributed by atoms with Gasteiger partial charge >= 0.3 is 0 Å². The second-order valence-electron chi connectivity index (χ2n) is 11.4. The van der Waals surface area contributed by atoms with E-state index in [1.54, 1.807) is 0 Å². The lowest BCUT2D eigenvalue weighted by atomic mass is 9.38. The Bertz CT molecular complexity index is 1570. The predicted octanol–water partition coefficient (Wildman–Crippen LogP) is 7.13. The number of aryl methyl sites for hydroxylation is 6. The summed E-state index contributed by atoms with van der Waals surface area (Å²) in [6.45, 7) is 7.52. The molecule has 0 heterocycles. The summed E-state index contributed by atoms with van der Waals surface area (Å²) >= 11 is 0. The molecule has 0 amide bonds. The molecule has 0 spiro atoms. The largest absolute Gasteiger partial charge is 0.207 e. The van der Waals surface area contributed by atoms with Gasteiger partial charge in [0.1, 0.15) is 33.9 Å². The Morgan fingerprint density at radius 1 is 0.432 bits per heavy atom. The minimum absolute atomic E-state index is 0.0981. The third-order valence-electron chi connectivity index (χ3n) is 8.19. The van der Waals surface area contributed by atoms with E-state index < -0.39 is 90.1 Å². The maximum atomic E-state index is 15.2. The normalized spacial score (nSPS) is 11.8. The van der Waals surface area contributed by atoms with Gasteiger partial charge in [-0.15, -0.1) is 17.2 Å². The summed E-state index contributed by atoms with van der Waals surface area (Å²) in [6, 6.07) is 7.63. The summed E-state index contributed by atoms with van der Waals surface area (Å²) < 4.78 is 146. The first-order chi connectivity index (χ1) is 20.5. The van der Waals surface area contributed by atoms with Crippen LogP contribution < -0.4 is 21.5 Å². The monoisotopic (exact) mass is 644 g/mol. The Morgan fingerprint density at radius 2 is 0.682 bits per heavy atom. The van der Waals surface area contributed by atoms with Gasteiger partial charge in [0.15, 0.2) is 34.9 Å². The maximum Gasteiger partial charge on any atom is 0.200 e. The highest BCUT2D eigenvalue weighted by atomic mass is 31.1. The lowest BCUT2D eigenvalue weighted by Gasteiger charge is -2.29. The zero-order valence-electron chi connectivity index (χ0n) is 24.7. The van der Waals surface area contributed by atoms with Crippen molar-refractivity contribution in [2.75, 3.05) is 6.16 Å². The summed E-state index contributed by atoms with van der Waals surface area (Å²) in [7, 11) is -2.06. The van der Waals surface area contributed by atoms with E-state index in [1.807, 2.05) is 65.8 Å². The number of hydrogen-bond donors (Lipinski definition) is 0. The molecule has 0 aliphatic heterocycles. The van der Waals surface area contributed by atoms with Crippen LogP contribution in [0.3, 0.4) is 0 Å². The Kier molecular flexibility index (Phi) is 9.60. The van der Waals surface area contributed by atoms with Crippen LogP contribution in [0.2, 0.25) is 6.32 Å². The van der Waals surface area contributed by atoms with Crippen molar-refractivity contribution >= 4 is 36.2 Å². The van der Waals surface area contributed by atoms with Crippen molar-refractivity contribution in [3.63, 3.8) is 0 Å². The Labute approximate surface area is 250 Å². The molecule has 0 aliphatic rings. The molecule has 12 heteroatoms. The molecule has 0 N–H and O–H groups in total. The molecule has 0 saturated carbocycles. The summed E-state index contributed by atoms with van der Waals surface area (Å²) in [6.07, 6.45) is -0.732. The van der Waals surface area contributed by atoms with Crippen molar-refractivity contribution in [3.05, 3.63) is 116 Å². The van der Waals surface area contributed by atoms with Crippen LogP contribution >= 0.6 is 7.92 Å². The van der Waals surface area contributed by atoms with Crippen molar-refractivity contribution in [1.29, 1.82) is 0 Å². The molecule has 0 nitrogen and oxygen atoms in total. The van der Waals surface area contributed by atoms with Gasteiger partial charge in [0.2, 0.25) is 0 Å². The minimum Gasteiger partial charge on any atom is -0.207 e. The molecule has 4 rings (SSSR count). The third-order valence-corrected chi connectivity index (χ3v) is 11.8. The summed E-state index contributed by atoms with van der Waals surface area (Å²) in [4.78, 5) is 0. The predicted molar refractivity (Wildman–Crippen MR) is 157 cm³/mol.